The summed E-state index contributed by atoms with van der Waals surface area (Å²) in [4.78, 5) is 36.9. The zero-order valence-electron chi connectivity index (χ0n) is 18.2. The Bertz CT molecular complexity index is 1350. The van der Waals surface area contributed by atoms with Crippen LogP contribution in [0.25, 0.3) is 6.08 Å². The summed E-state index contributed by atoms with van der Waals surface area (Å²) in [6.45, 7) is 5.40. The predicted molar refractivity (Wildman–Crippen MR) is 127 cm³/mol. The molecule has 4 rings (SSSR count). The fourth-order valence-electron chi connectivity index (χ4n) is 3.57. The van der Waals surface area contributed by atoms with E-state index in [1.807, 2.05) is 48.7 Å². The number of rotatable bonds is 5. The van der Waals surface area contributed by atoms with Crippen molar-refractivity contribution in [2.24, 2.45) is 4.99 Å². The second kappa shape index (κ2) is 9.26. The minimum atomic E-state index is -0.604. The lowest BCUT2D eigenvalue weighted by Crippen LogP contribution is -2.40. The molecule has 0 saturated heterocycles. The highest BCUT2D eigenvalue weighted by atomic mass is 32.2. The van der Waals surface area contributed by atoms with E-state index < -0.39 is 12.0 Å². The molecule has 1 aliphatic rings. The van der Waals surface area contributed by atoms with Gasteiger partial charge in [-0.05, 0) is 68.5 Å². The summed E-state index contributed by atoms with van der Waals surface area (Å²) in [7, 11) is 0. The highest BCUT2D eigenvalue weighted by Crippen LogP contribution is 2.31. The second-order valence-electron chi connectivity index (χ2n) is 7.59. The first-order valence-electron chi connectivity index (χ1n) is 10.2. The fourth-order valence-corrected chi connectivity index (χ4v) is 5.03. The van der Waals surface area contributed by atoms with Crippen LogP contribution >= 0.6 is 23.1 Å². The lowest BCUT2D eigenvalue weighted by atomic mass is 9.96. The van der Waals surface area contributed by atoms with Gasteiger partial charge < -0.3 is 4.74 Å². The summed E-state index contributed by atoms with van der Waals surface area (Å²) in [6, 6.07) is 11.0. The third-order valence-electron chi connectivity index (χ3n) is 5.02. The van der Waals surface area contributed by atoms with Gasteiger partial charge in [0.25, 0.3) is 5.56 Å². The minimum absolute atomic E-state index is 0.188. The molecule has 0 aliphatic carbocycles. The quantitative estimate of drug-likeness (QED) is 0.427. The van der Waals surface area contributed by atoms with Crippen LogP contribution in [0, 0.1) is 0 Å². The molecule has 1 aromatic carbocycles. The zero-order valence-corrected chi connectivity index (χ0v) is 19.9. The predicted octanol–water partition coefficient (Wildman–Crippen LogP) is 3.30. The summed E-state index contributed by atoms with van der Waals surface area (Å²) in [5, 5.41) is 0. The van der Waals surface area contributed by atoms with Crippen molar-refractivity contribution in [1.82, 2.24) is 9.55 Å². The normalized spacial score (nSPS) is 16.2. The maximum absolute atomic E-state index is 13.5. The number of esters is 1. The smallest absolute Gasteiger partial charge is 0.338 e. The van der Waals surface area contributed by atoms with Gasteiger partial charge in [-0.1, -0.05) is 23.5 Å². The van der Waals surface area contributed by atoms with Crippen LogP contribution in [0.1, 0.15) is 37.9 Å². The Balaban J connectivity index is 1.94. The van der Waals surface area contributed by atoms with Crippen molar-refractivity contribution < 1.29 is 9.53 Å². The van der Waals surface area contributed by atoms with Crippen LogP contribution in [0.4, 0.5) is 0 Å². The number of benzene rings is 1. The number of aromatic nitrogens is 2. The average molecular weight is 466 g/mol. The standard InChI is InChI=1S/C24H23N3O3S2/c1-14(2)30-23(29)20-15(3)26-24-27(21(20)17-5-7-18(31-4)8-6-17)22(28)19(32-24)13-16-9-11-25-12-10-16/h5-14,21H,1-4H3/b19-13+/t21-/m1/s1. The summed E-state index contributed by atoms with van der Waals surface area (Å²) in [6.07, 6.45) is 6.92. The van der Waals surface area contributed by atoms with Gasteiger partial charge in [0.1, 0.15) is 0 Å². The average Bonchev–Trinajstić information content (AvgIpc) is 3.07. The van der Waals surface area contributed by atoms with Gasteiger partial charge >= 0.3 is 5.97 Å². The molecular formula is C24H23N3O3S2. The molecule has 0 fully saturated rings. The van der Waals surface area contributed by atoms with Crippen LogP contribution in [-0.2, 0) is 9.53 Å². The Morgan fingerprint density at radius 1 is 1.19 bits per heavy atom. The van der Waals surface area contributed by atoms with E-state index in [4.69, 9.17) is 4.74 Å². The second-order valence-corrected chi connectivity index (χ2v) is 9.48. The van der Waals surface area contributed by atoms with Gasteiger partial charge in [-0.3, -0.25) is 14.3 Å². The summed E-state index contributed by atoms with van der Waals surface area (Å²) in [5.41, 5.74) is 2.47. The number of hydrogen-bond acceptors (Lipinski definition) is 7. The third kappa shape index (κ3) is 4.33. The first-order chi connectivity index (χ1) is 15.4. The molecule has 8 heteroatoms. The highest BCUT2D eigenvalue weighted by Gasteiger charge is 2.33. The molecule has 32 heavy (non-hydrogen) atoms. The number of thiazole rings is 1. The monoisotopic (exact) mass is 465 g/mol. The molecule has 0 saturated carbocycles. The Labute approximate surface area is 194 Å². The summed E-state index contributed by atoms with van der Waals surface area (Å²) in [5.74, 6) is -0.455. The van der Waals surface area contributed by atoms with E-state index in [1.54, 1.807) is 49.5 Å². The zero-order chi connectivity index (χ0) is 22.8. The van der Waals surface area contributed by atoms with Crippen LogP contribution in [0.15, 0.2) is 74.7 Å². The Morgan fingerprint density at radius 2 is 1.88 bits per heavy atom. The van der Waals surface area contributed by atoms with E-state index >= 15 is 0 Å². The molecule has 1 atom stereocenters. The van der Waals surface area contributed by atoms with E-state index in [0.717, 1.165) is 16.0 Å². The van der Waals surface area contributed by atoms with Gasteiger partial charge in [0.15, 0.2) is 4.80 Å². The van der Waals surface area contributed by atoms with Crippen molar-refractivity contribution in [3.63, 3.8) is 0 Å². The van der Waals surface area contributed by atoms with Crippen molar-refractivity contribution in [3.8, 4) is 0 Å². The van der Waals surface area contributed by atoms with Gasteiger partial charge in [0, 0.05) is 17.3 Å². The number of nitrogens with zero attached hydrogens (tertiary/aromatic N) is 3. The molecule has 0 unspecified atom stereocenters. The van der Waals surface area contributed by atoms with Gasteiger partial charge in [-0.2, -0.15) is 0 Å². The molecule has 0 spiro atoms. The summed E-state index contributed by atoms with van der Waals surface area (Å²) >= 11 is 2.95. The van der Waals surface area contributed by atoms with Crippen molar-refractivity contribution in [2.75, 3.05) is 6.26 Å². The number of thioether (sulfide) groups is 1. The lowest BCUT2D eigenvalue weighted by Gasteiger charge is -2.25. The number of fused-ring (bicyclic) bond motifs is 1. The fraction of sp³-hybridized carbons (Fsp3) is 0.250. The molecule has 3 heterocycles. The largest absolute Gasteiger partial charge is 0.459 e. The first-order valence-corrected chi connectivity index (χ1v) is 12.2. The van der Waals surface area contributed by atoms with Crippen molar-refractivity contribution in [1.29, 1.82) is 0 Å². The van der Waals surface area contributed by atoms with E-state index in [-0.39, 0.29) is 11.7 Å². The maximum atomic E-state index is 13.5. The van der Waals surface area contributed by atoms with Gasteiger partial charge in [0.2, 0.25) is 0 Å². The molecular weight excluding hydrogens is 442 g/mol. The molecule has 0 bridgehead atoms. The molecule has 0 radical (unpaired) electrons. The summed E-state index contributed by atoms with van der Waals surface area (Å²) < 4.78 is 7.68. The number of hydrogen-bond donors (Lipinski definition) is 0. The van der Waals surface area contributed by atoms with Crippen LogP contribution in [-0.4, -0.2) is 27.9 Å². The van der Waals surface area contributed by atoms with E-state index in [0.29, 0.717) is 20.6 Å². The van der Waals surface area contributed by atoms with Crippen LogP contribution in [0.2, 0.25) is 0 Å². The Morgan fingerprint density at radius 3 is 2.50 bits per heavy atom. The third-order valence-corrected chi connectivity index (χ3v) is 6.75. The SMILES string of the molecule is CSc1ccc([C@@H]2C(C(=O)OC(C)C)=C(C)N=c3s/c(=C/c4ccncc4)c(=O)n32)cc1. The van der Waals surface area contributed by atoms with Gasteiger partial charge in [-0.25, -0.2) is 9.79 Å². The van der Waals surface area contributed by atoms with Crippen LogP contribution in [0.5, 0.6) is 0 Å². The van der Waals surface area contributed by atoms with Crippen LogP contribution < -0.4 is 14.9 Å². The molecule has 0 N–H and O–H groups in total. The lowest BCUT2D eigenvalue weighted by molar-refractivity contribution is -0.143. The minimum Gasteiger partial charge on any atom is -0.459 e. The molecule has 3 aromatic rings. The molecule has 1 aliphatic heterocycles. The van der Waals surface area contributed by atoms with E-state index in [9.17, 15) is 9.59 Å². The van der Waals surface area contributed by atoms with Crippen molar-refractivity contribution >= 4 is 35.1 Å². The van der Waals surface area contributed by atoms with Gasteiger partial charge in [-0.15, -0.1) is 11.8 Å². The van der Waals surface area contributed by atoms with Crippen LogP contribution in [0.3, 0.4) is 0 Å². The number of allylic oxidation sites excluding steroid dienone is 1. The molecule has 164 valence electrons. The van der Waals surface area contributed by atoms with Crippen molar-refractivity contribution in [3.05, 3.63) is 90.9 Å². The molecule has 2 aromatic heterocycles. The Kier molecular flexibility index (Phi) is 6.43. The highest BCUT2D eigenvalue weighted by molar-refractivity contribution is 7.98. The first kappa shape index (κ1) is 22.2. The van der Waals surface area contributed by atoms with E-state index in [2.05, 4.69) is 9.98 Å². The number of pyridine rings is 1. The Hall–Kier alpha value is -2.97. The van der Waals surface area contributed by atoms with E-state index in [1.165, 1.54) is 11.3 Å². The number of carbonyl (C=O) groups is 1. The van der Waals surface area contributed by atoms with Crippen molar-refractivity contribution in [2.45, 2.75) is 37.8 Å². The number of ether oxygens (including phenoxy) is 1. The van der Waals surface area contributed by atoms with Gasteiger partial charge in [0.05, 0.1) is 27.9 Å². The maximum Gasteiger partial charge on any atom is 0.338 e. The molecule has 0 amide bonds. The molecule has 6 nitrogen and oxygen atoms in total. The number of carbonyl (C=O) groups excluding carboxylic acids is 1. The topological polar surface area (TPSA) is 73.6 Å².